The quantitative estimate of drug-likeness (QED) is 0.293. The molecule has 0 saturated heterocycles. The molecule has 0 radical (unpaired) electrons. The molecule has 1 aliphatic carbocycles. The number of Topliss-reactive ketones (excluding diaryl/α,β-unsaturated/α-hetero) is 4. The molecule has 2 atom stereocenters. The number of nitrogens with two attached hydrogens (primary N) is 2. The van der Waals surface area contributed by atoms with Crippen molar-refractivity contribution in [2.45, 2.75) is 64.5 Å². The van der Waals surface area contributed by atoms with Crippen LogP contribution in [-0.2, 0) is 19.2 Å². The lowest BCUT2D eigenvalue weighted by atomic mass is 9.62. The zero-order chi connectivity index (χ0) is 29.0. The van der Waals surface area contributed by atoms with Crippen LogP contribution in [0, 0.1) is 23.7 Å². The highest BCUT2D eigenvalue weighted by molar-refractivity contribution is 6.61. The van der Waals surface area contributed by atoms with Crippen LogP contribution in [0.3, 0.4) is 0 Å². The number of nitrogen functional groups attached to an aromatic ring is 2. The summed E-state index contributed by atoms with van der Waals surface area (Å²) in [5.41, 5.74) is 10.4. The van der Waals surface area contributed by atoms with Crippen LogP contribution in [0.5, 0.6) is 0 Å². The van der Waals surface area contributed by atoms with E-state index in [4.69, 9.17) is 21.5 Å². The molecule has 3 aliphatic rings. The fourth-order valence-electron chi connectivity index (χ4n) is 6.23. The first-order valence-electron chi connectivity index (χ1n) is 14.0. The van der Waals surface area contributed by atoms with Crippen LogP contribution in [0.2, 0.25) is 0 Å². The van der Waals surface area contributed by atoms with Gasteiger partial charge in [0.05, 0.1) is 21.8 Å². The van der Waals surface area contributed by atoms with E-state index in [2.05, 4.69) is 0 Å². The third kappa shape index (κ3) is 4.59. The minimum atomic E-state index is -1.52. The average Bonchev–Trinajstić information content (AvgIpc) is 3.43. The average molecular weight is 541 g/mol. The molecule has 4 N–H and O–H groups in total. The predicted octanol–water partition coefficient (Wildman–Crippen LogP) is 1.25. The van der Waals surface area contributed by atoms with E-state index in [0.717, 1.165) is 0 Å². The van der Waals surface area contributed by atoms with E-state index in [1.54, 1.807) is 48.6 Å². The molecule has 8 nitrogen and oxygen atoms in total. The number of carbonyl (C=O) groups is 4. The first kappa shape index (κ1) is 27.6. The van der Waals surface area contributed by atoms with E-state index in [-0.39, 0.29) is 11.8 Å². The van der Waals surface area contributed by atoms with Crippen molar-refractivity contribution in [3.05, 3.63) is 57.5 Å². The van der Waals surface area contributed by atoms with Gasteiger partial charge in [-0.2, -0.15) is 0 Å². The molecule has 2 aromatic carbocycles. The fraction of sp³-hybridized carbons (Fsp3) is 0.438. The Bertz CT molecular complexity index is 1540. The Morgan fingerprint density at radius 3 is 1.32 bits per heavy atom. The molecule has 2 unspecified atom stereocenters. The highest BCUT2D eigenvalue weighted by Crippen LogP contribution is 2.42. The molecule has 0 spiro atoms. The van der Waals surface area contributed by atoms with Crippen LogP contribution in [0.1, 0.15) is 53.4 Å². The van der Waals surface area contributed by atoms with Crippen LogP contribution >= 0.6 is 0 Å². The molecule has 8 heteroatoms. The molecule has 0 bridgehead atoms. The highest BCUT2D eigenvalue weighted by atomic mass is 16.2. The van der Waals surface area contributed by atoms with Crippen molar-refractivity contribution >= 4 is 46.7 Å². The van der Waals surface area contributed by atoms with E-state index in [0.29, 0.717) is 58.2 Å². The summed E-state index contributed by atoms with van der Waals surface area (Å²) in [6, 6.07) is 10.3. The smallest absolute Gasteiger partial charge is 0.213 e. The molecule has 1 saturated carbocycles. The van der Waals surface area contributed by atoms with Gasteiger partial charge in [0, 0.05) is 21.8 Å². The lowest BCUT2D eigenvalue weighted by molar-refractivity contribution is -0.158. The number of hydrogen-bond acceptors (Lipinski definition) is 8. The van der Waals surface area contributed by atoms with Crippen molar-refractivity contribution in [3.8, 4) is 0 Å². The zero-order valence-corrected chi connectivity index (χ0v) is 23.4. The third-order valence-corrected chi connectivity index (χ3v) is 8.35. The van der Waals surface area contributed by atoms with Gasteiger partial charge in [0.15, 0.2) is 0 Å². The number of hydrogen-bond donors (Lipinski definition) is 2. The van der Waals surface area contributed by atoms with Crippen molar-refractivity contribution < 1.29 is 19.2 Å². The van der Waals surface area contributed by atoms with Gasteiger partial charge in [-0.15, -0.1) is 0 Å². The number of anilines is 2. The summed E-state index contributed by atoms with van der Waals surface area (Å²) in [7, 11) is 0. The van der Waals surface area contributed by atoms with Gasteiger partial charge in [-0.05, 0) is 86.1 Å². The Kier molecular flexibility index (Phi) is 6.84. The largest absolute Gasteiger partial charge is 0.399 e. The van der Waals surface area contributed by atoms with Gasteiger partial charge in [-0.25, -0.2) is 0 Å². The summed E-state index contributed by atoms with van der Waals surface area (Å²) in [4.78, 5) is 65.7. The van der Waals surface area contributed by atoms with Crippen molar-refractivity contribution in [3.63, 3.8) is 0 Å². The van der Waals surface area contributed by atoms with E-state index in [1.165, 1.54) is 0 Å². The SMILES string of the molecule is CC(C)CCC1(C2C(=O)C(=O)C(C3(CCC(C)C)C=c4cc(N)ccc4=N3)C(=O)C2=O)C=c2cc(N)ccc2=N1. The number of ketones is 4. The van der Waals surface area contributed by atoms with E-state index in [1.807, 2.05) is 27.7 Å². The monoisotopic (exact) mass is 540 g/mol. The van der Waals surface area contributed by atoms with Crippen molar-refractivity contribution in [1.82, 2.24) is 0 Å². The van der Waals surface area contributed by atoms with E-state index >= 15 is 0 Å². The molecule has 0 aromatic heterocycles. The number of rotatable bonds is 8. The fourth-order valence-corrected chi connectivity index (χ4v) is 6.23. The van der Waals surface area contributed by atoms with Gasteiger partial charge in [0.25, 0.3) is 0 Å². The van der Waals surface area contributed by atoms with Gasteiger partial charge in [0.2, 0.25) is 23.1 Å². The summed E-state index contributed by atoms with van der Waals surface area (Å²) < 4.78 is 0. The van der Waals surface area contributed by atoms with Crippen LogP contribution in [0.25, 0.3) is 12.2 Å². The Hall–Kier alpha value is -3.94. The molecule has 208 valence electrons. The Balaban J connectivity index is 1.61. The first-order valence-corrected chi connectivity index (χ1v) is 14.0. The highest BCUT2D eigenvalue weighted by Gasteiger charge is 2.61. The van der Waals surface area contributed by atoms with Gasteiger partial charge >= 0.3 is 0 Å². The molecule has 2 heterocycles. The summed E-state index contributed by atoms with van der Waals surface area (Å²) in [6.07, 6.45) is 5.47. The summed E-state index contributed by atoms with van der Waals surface area (Å²) >= 11 is 0. The maximum atomic E-state index is 14.0. The van der Waals surface area contributed by atoms with Gasteiger partial charge in [-0.1, -0.05) is 27.7 Å². The molecule has 2 aromatic rings. The molecule has 1 fully saturated rings. The molecular formula is C32H36N4O4. The summed E-state index contributed by atoms with van der Waals surface area (Å²) in [5.74, 6) is -6.03. The third-order valence-electron chi connectivity index (χ3n) is 8.35. The van der Waals surface area contributed by atoms with E-state index < -0.39 is 46.0 Å². The normalized spacial score (nSPS) is 27.2. The number of carbonyl (C=O) groups excluding carboxylic acids is 4. The van der Waals surface area contributed by atoms with E-state index in [9.17, 15) is 19.2 Å². The molecular weight excluding hydrogens is 504 g/mol. The van der Waals surface area contributed by atoms with Crippen LogP contribution in [-0.4, -0.2) is 34.2 Å². The molecule has 40 heavy (non-hydrogen) atoms. The Labute approximate surface area is 233 Å². The summed E-state index contributed by atoms with van der Waals surface area (Å²) in [6.45, 7) is 8.13. The Morgan fingerprint density at radius 1 is 0.650 bits per heavy atom. The van der Waals surface area contributed by atoms with Crippen LogP contribution < -0.4 is 32.6 Å². The second-order valence-electron chi connectivity index (χ2n) is 12.3. The number of fused-ring (bicyclic) bond motifs is 2. The number of nitrogens with zero attached hydrogens (tertiary/aromatic N) is 2. The van der Waals surface area contributed by atoms with Crippen LogP contribution in [0.15, 0.2) is 46.4 Å². The maximum Gasteiger partial charge on any atom is 0.213 e. The van der Waals surface area contributed by atoms with Gasteiger partial charge < -0.3 is 11.5 Å². The number of benzene rings is 2. The zero-order valence-electron chi connectivity index (χ0n) is 23.4. The second-order valence-corrected chi connectivity index (χ2v) is 12.3. The first-order chi connectivity index (χ1) is 18.9. The minimum Gasteiger partial charge on any atom is -0.399 e. The standard InChI is InChI=1S/C32H36N4O4/c1-17(2)9-11-31(15-19-13-21(33)5-7-23(19)35-31)25-27(37)29(39)26(30(40)28(25)38)32(12-10-18(3)4)16-20-14-22(34)6-8-24(20)36-32/h5-8,13-18,25-26H,9-12,33-34H2,1-4H3. The lowest BCUT2D eigenvalue weighted by Gasteiger charge is -2.39. The maximum absolute atomic E-state index is 14.0. The topological polar surface area (TPSA) is 145 Å². The molecule has 5 rings (SSSR count). The van der Waals surface area contributed by atoms with Gasteiger partial charge in [0.1, 0.15) is 11.8 Å². The molecule has 2 aliphatic heterocycles. The predicted molar refractivity (Wildman–Crippen MR) is 153 cm³/mol. The van der Waals surface area contributed by atoms with Gasteiger partial charge in [-0.3, -0.25) is 29.2 Å². The van der Waals surface area contributed by atoms with Crippen LogP contribution in [0.4, 0.5) is 11.4 Å². The molecule has 0 amide bonds. The lowest BCUT2D eigenvalue weighted by Crippen LogP contribution is -2.61. The van der Waals surface area contributed by atoms with Crippen molar-refractivity contribution in [1.29, 1.82) is 0 Å². The van der Waals surface area contributed by atoms with Crippen molar-refractivity contribution in [2.24, 2.45) is 33.7 Å². The van der Waals surface area contributed by atoms with Crippen molar-refractivity contribution in [2.75, 3.05) is 11.5 Å². The summed E-state index contributed by atoms with van der Waals surface area (Å²) in [5, 5.41) is 2.54. The second kappa shape index (κ2) is 9.91. The Morgan fingerprint density at radius 2 is 1.00 bits per heavy atom. The minimum absolute atomic E-state index is 0.249.